The summed E-state index contributed by atoms with van der Waals surface area (Å²) >= 11 is 0. The first-order valence-electron chi connectivity index (χ1n) is 25.9. The molecule has 2 fully saturated rings. The second kappa shape index (κ2) is 20.3. The van der Waals surface area contributed by atoms with Crippen LogP contribution in [0.4, 0.5) is 0 Å². The summed E-state index contributed by atoms with van der Waals surface area (Å²) in [6, 6.07) is 11.6. The highest BCUT2D eigenvalue weighted by Crippen LogP contribution is 2.58. The Balaban J connectivity index is 1.12. The van der Waals surface area contributed by atoms with Gasteiger partial charge in [0.05, 0.1) is 19.3 Å². The molecule has 11 atom stereocenters. The van der Waals surface area contributed by atoms with Crippen LogP contribution in [-0.2, 0) is 19.3 Å². The van der Waals surface area contributed by atoms with E-state index in [0.717, 1.165) is 116 Å². The largest absolute Gasteiger partial charge is 0.508 e. The van der Waals surface area contributed by atoms with Crippen molar-refractivity contribution in [2.45, 2.75) is 147 Å². The SMILES string of the molecule is CCC1CC2C=CC1CC(O)CCCN=C(N)NCCC1C(CCCC13CCC(CNC)C3)Oc1cc(ccc1O)C1Oc3cc(OC)c4c(c3CC1O)C2Cc1cc(O)c(CC(C)C)cc1-4. The zero-order valence-corrected chi connectivity index (χ0v) is 40.7. The maximum Gasteiger partial charge on any atom is 0.188 e. The lowest BCUT2D eigenvalue weighted by molar-refractivity contribution is -0.0176. The van der Waals surface area contributed by atoms with Gasteiger partial charge in [-0.2, -0.15) is 0 Å². The molecule has 0 aromatic heterocycles. The number of nitrogens with two attached hydrogens (primary N) is 1. The van der Waals surface area contributed by atoms with Crippen LogP contribution in [-0.4, -0.2) is 78.5 Å². The first-order valence-corrected chi connectivity index (χ1v) is 25.9. The van der Waals surface area contributed by atoms with Gasteiger partial charge in [0.1, 0.15) is 29.5 Å². The number of methoxy groups -OCH3 is 1. The molecule has 0 saturated heterocycles. The maximum absolute atomic E-state index is 12.3. The molecule has 364 valence electrons. The van der Waals surface area contributed by atoms with E-state index in [0.29, 0.717) is 79.1 Å². The Bertz CT molecular complexity index is 2300. The molecule has 8 bridgehead atoms. The van der Waals surface area contributed by atoms with Gasteiger partial charge in [0.15, 0.2) is 17.5 Å². The molecule has 11 unspecified atom stereocenters. The zero-order chi connectivity index (χ0) is 47.0. The number of phenolic OH excluding ortho intramolecular Hbond substituents is 2. The van der Waals surface area contributed by atoms with Gasteiger partial charge in [-0.15, -0.1) is 0 Å². The Hall–Kier alpha value is -4.45. The number of aliphatic hydroxyl groups excluding tert-OH is 2. The Morgan fingerprint density at radius 2 is 1.78 bits per heavy atom. The van der Waals surface area contributed by atoms with Gasteiger partial charge in [0, 0.05) is 42.6 Å². The van der Waals surface area contributed by atoms with Crippen molar-refractivity contribution in [1.29, 1.82) is 0 Å². The summed E-state index contributed by atoms with van der Waals surface area (Å²) in [6.45, 7) is 8.84. The fraction of sp³-hybridized carbons (Fsp3) is 0.625. The first kappa shape index (κ1) is 47.6. The Labute approximate surface area is 399 Å². The molecule has 5 heterocycles. The topological polar surface area (TPSA) is 171 Å². The van der Waals surface area contributed by atoms with E-state index in [9.17, 15) is 20.4 Å². The molecule has 1 spiro atoms. The number of aliphatic imine (C=N–C) groups is 1. The number of allylic oxidation sites excluding steroid dienone is 2. The summed E-state index contributed by atoms with van der Waals surface area (Å²) in [5, 5.41) is 53.5. The molecule has 8 N–H and O–H groups in total. The number of phenols is 2. The van der Waals surface area contributed by atoms with Crippen LogP contribution in [0.5, 0.6) is 28.7 Å². The third-order valence-electron chi connectivity index (χ3n) is 17.0. The number of ether oxygens (including phenoxy) is 3. The van der Waals surface area contributed by atoms with Crippen LogP contribution in [0.15, 0.2) is 53.5 Å². The molecule has 12 rings (SSSR count). The van der Waals surface area contributed by atoms with E-state index in [1.807, 2.05) is 31.3 Å². The average Bonchev–Trinajstić information content (AvgIpc) is 3.71. The lowest BCUT2D eigenvalue weighted by Crippen LogP contribution is -2.46. The standard InChI is InChI=1S/C56H78N4O7/c1-6-34-22-36-12-11-35(34)23-40(61)9-8-19-59-55(57)60-20-16-44-48(10-7-17-56(44)18-15-33(30-56)31-58-4)66-50-27-37(13-14-45(50)62)54-47(64)28-43-49(67-54)29-51(65-5)53-42-25-39(21-32(2)3)46(63)26-38(42)24-41(36)52(43)53/h11-14,25-27,29,32-36,40-41,44,47-48,54,58,61-64H,6-10,15-24,28,30-31H2,1-5H3,(H3,57,59,60). The first-order chi connectivity index (χ1) is 32.4. The Kier molecular flexibility index (Phi) is 14.4. The molecule has 2 saturated carbocycles. The summed E-state index contributed by atoms with van der Waals surface area (Å²) in [5.41, 5.74) is 13.6. The number of nitrogens with one attached hydrogen (secondary N) is 2. The Morgan fingerprint density at radius 1 is 0.940 bits per heavy atom. The van der Waals surface area contributed by atoms with Crippen molar-refractivity contribution in [3.05, 3.63) is 76.4 Å². The van der Waals surface area contributed by atoms with Crippen molar-refractivity contribution in [2.24, 2.45) is 51.6 Å². The molecule has 5 aliphatic heterocycles. The highest BCUT2D eigenvalue weighted by Gasteiger charge is 2.50. The van der Waals surface area contributed by atoms with Crippen LogP contribution >= 0.6 is 0 Å². The van der Waals surface area contributed by atoms with Crippen LogP contribution in [0.2, 0.25) is 0 Å². The van der Waals surface area contributed by atoms with Gasteiger partial charge in [0.25, 0.3) is 0 Å². The quantitative estimate of drug-likeness (QED) is 0.118. The number of rotatable bonds is 6. The second-order valence-corrected chi connectivity index (χ2v) is 21.7. The van der Waals surface area contributed by atoms with Crippen molar-refractivity contribution in [3.8, 4) is 39.9 Å². The van der Waals surface area contributed by atoms with E-state index in [1.54, 1.807) is 13.2 Å². The van der Waals surface area contributed by atoms with Gasteiger partial charge in [-0.3, -0.25) is 4.99 Å². The average molecular weight is 919 g/mol. The zero-order valence-electron chi connectivity index (χ0n) is 40.7. The number of fused-ring (bicyclic) bond motifs is 2. The lowest BCUT2D eigenvalue weighted by Gasteiger charge is -2.46. The molecule has 11 heteroatoms. The normalized spacial score (nSPS) is 31.9. The summed E-state index contributed by atoms with van der Waals surface area (Å²) in [4.78, 5) is 4.69. The van der Waals surface area contributed by atoms with E-state index < -0.39 is 18.3 Å². The molecule has 4 aliphatic carbocycles. The molecule has 0 radical (unpaired) electrons. The van der Waals surface area contributed by atoms with Crippen molar-refractivity contribution in [3.63, 3.8) is 0 Å². The molecule has 0 amide bonds. The summed E-state index contributed by atoms with van der Waals surface area (Å²) in [6.07, 6.45) is 16.0. The van der Waals surface area contributed by atoms with Gasteiger partial charge in [-0.05, 0) is 190 Å². The minimum atomic E-state index is -0.873. The molecule has 3 aromatic carbocycles. The number of guanidine groups is 1. The van der Waals surface area contributed by atoms with Gasteiger partial charge in [-0.25, -0.2) is 0 Å². The number of nitrogens with zero attached hydrogens (tertiary/aromatic N) is 1. The molecular formula is C56H78N4O7. The number of benzene rings is 3. The summed E-state index contributed by atoms with van der Waals surface area (Å²) in [5.74, 6) is 4.75. The smallest absolute Gasteiger partial charge is 0.188 e. The lowest BCUT2D eigenvalue weighted by atomic mass is 9.62. The Morgan fingerprint density at radius 3 is 2.57 bits per heavy atom. The molecule has 11 nitrogen and oxygen atoms in total. The van der Waals surface area contributed by atoms with Gasteiger partial charge < -0.3 is 51.0 Å². The van der Waals surface area contributed by atoms with Gasteiger partial charge in [-0.1, -0.05) is 45.4 Å². The molecule has 9 aliphatic rings. The highest BCUT2D eigenvalue weighted by atomic mass is 16.5. The van der Waals surface area contributed by atoms with Crippen LogP contribution < -0.4 is 30.6 Å². The molecule has 67 heavy (non-hydrogen) atoms. The minimum Gasteiger partial charge on any atom is -0.508 e. The second-order valence-electron chi connectivity index (χ2n) is 21.7. The molecule has 3 aromatic rings. The van der Waals surface area contributed by atoms with Gasteiger partial charge in [0.2, 0.25) is 0 Å². The van der Waals surface area contributed by atoms with E-state index >= 15 is 0 Å². The van der Waals surface area contributed by atoms with E-state index in [-0.39, 0.29) is 40.9 Å². The third-order valence-corrected chi connectivity index (χ3v) is 17.0. The van der Waals surface area contributed by atoms with Gasteiger partial charge >= 0.3 is 0 Å². The predicted molar refractivity (Wildman–Crippen MR) is 265 cm³/mol. The van der Waals surface area contributed by atoms with Crippen molar-refractivity contribution < 1.29 is 34.6 Å². The van der Waals surface area contributed by atoms with Crippen LogP contribution in [0.1, 0.15) is 138 Å². The number of hydrogen-bond acceptors (Lipinski definition) is 11. The van der Waals surface area contributed by atoms with Crippen LogP contribution in [0.25, 0.3) is 11.1 Å². The third kappa shape index (κ3) is 9.76. The highest BCUT2D eigenvalue weighted by molar-refractivity contribution is 5.84. The van der Waals surface area contributed by atoms with E-state index in [2.05, 4.69) is 54.6 Å². The fourth-order valence-electron chi connectivity index (χ4n) is 13.9. The number of aromatic hydroxyl groups is 2. The maximum atomic E-state index is 12.3. The van der Waals surface area contributed by atoms with Crippen molar-refractivity contribution in [1.82, 2.24) is 10.6 Å². The van der Waals surface area contributed by atoms with E-state index in [1.165, 1.54) is 6.42 Å². The van der Waals surface area contributed by atoms with Crippen LogP contribution in [0.3, 0.4) is 0 Å². The van der Waals surface area contributed by atoms with Crippen molar-refractivity contribution in [2.75, 3.05) is 33.8 Å². The number of hydrogen-bond donors (Lipinski definition) is 7. The monoisotopic (exact) mass is 919 g/mol. The predicted octanol–water partition coefficient (Wildman–Crippen LogP) is 9.26. The van der Waals surface area contributed by atoms with Crippen molar-refractivity contribution >= 4 is 5.96 Å². The van der Waals surface area contributed by atoms with Crippen LogP contribution in [0, 0.1) is 40.9 Å². The summed E-state index contributed by atoms with van der Waals surface area (Å²) < 4.78 is 20.3. The molecular weight excluding hydrogens is 841 g/mol. The fourth-order valence-corrected chi connectivity index (χ4v) is 13.9. The number of aliphatic hydroxyl groups is 2. The summed E-state index contributed by atoms with van der Waals surface area (Å²) in [7, 11) is 3.76. The van der Waals surface area contributed by atoms with E-state index in [4.69, 9.17) is 19.9 Å². The minimum absolute atomic E-state index is 0.0366.